The fourth-order valence-electron chi connectivity index (χ4n) is 1.28. The molecule has 0 aliphatic rings. The monoisotopic (exact) mass is 253 g/mol. The van der Waals surface area contributed by atoms with Crippen molar-refractivity contribution in [1.29, 1.82) is 0 Å². The number of halogens is 1. The molecule has 1 aromatic carbocycles. The zero-order valence-electron chi connectivity index (χ0n) is 7.49. The first kappa shape index (κ1) is 9.21. The van der Waals surface area contributed by atoms with Crippen LogP contribution in [0, 0.1) is 6.92 Å². The van der Waals surface area contributed by atoms with E-state index in [2.05, 4.69) is 20.9 Å². The van der Waals surface area contributed by atoms with Gasteiger partial charge in [-0.1, -0.05) is 15.9 Å². The number of hydrogen-bond acceptors (Lipinski definition) is 3. The van der Waals surface area contributed by atoms with Gasteiger partial charge in [0.05, 0.1) is 10.9 Å². The number of aromatic nitrogens is 2. The Kier molecular flexibility index (Phi) is 2.03. The number of rotatable bonds is 0. The van der Waals surface area contributed by atoms with E-state index in [9.17, 15) is 4.79 Å². The van der Waals surface area contributed by atoms with Crippen LogP contribution in [0.4, 0.5) is 0 Å². The van der Waals surface area contributed by atoms with Gasteiger partial charge in [-0.05, 0) is 25.1 Å². The summed E-state index contributed by atoms with van der Waals surface area (Å²) in [5.74, 6) is 6.03. The molecule has 14 heavy (non-hydrogen) atoms. The molecule has 0 radical (unpaired) electrons. The van der Waals surface area contributed by atoms with Crippen LogP contribution >= 0.6 is 15.9 Å². The lowest BCUT2D eigenvalue weighted by Gasteiger charge is -2.04. The van der Waals surface area contributed by atoms with Gasteiger partial charge in [-0.3, -0.25) is 4.79 Å². The van der Waals surface area contributed by atoms with Crippen molar-refractivity contribution < 1.29 is 0 Å². The van der Waals surface area contributed by atoms with Gasteiger partial charge < -0.3 is 5.84 Å². The molecule has 0 aliphatic carbocycles. The van der Waals surface area contributed by atoms with Crippen LogP contribution in [-0.2, 0) is 0 Å². The SMILES string of the molecule is Cc1nc2ccc(Br)cc2c(=O)n1N. The van der Waals surface area contributed by atoms with Gasteiger partial charge in [0, 0.05) is 4.47 Å². The summed E-state index contributed by atoms with van der Waals surface area (Å²) in [6, 6.07) is 5.34. The van der Waals surface area contributed by atoms with Crippen LogP contribution in [0.5, 0.6) is 0 Å². The molecule has 2 N–H and O–H groups in total. The summed E-state index contributed by atoms with van der Waals surface area (Å²) in [5.41, 5.74) is 0.436. The summed E-state index contributed by atoms with van der Waals surface area (Å²) in [7, 11) is 0. The quantitative estimate of drug-likeness (QED) is 0.718. The van der Waals surface area contributed by atoms with Crippen LogP contribution < -0.4 is 11.4 Å². The molecule has 0 saturated heterocycles. The molecule has 0 saturated carbocycles. The van der Waals surface area contributed by atoms with Crippen molar-refractivity contribution in [2.24, 2.45) is 0 Å². The van der Waals surface area contributed by atoms with Crippen molar-refractivity contribution in [1.82, 2.24) is 9.66 Å². The fourth-order valence-corrected chi connectivity index (χ4v) is 1.64. The first-order valence-electron chi connectivity index (χ1n) is 4.03. The number of nitrogens with zero attached hydrogens (tertiary/aromatic N) is 2. The van der Waals surface area contributed by atoms with Crippen molar-refractivity contribution in [2.45, 2.75) is 6.92 Å². The molecule has 1 heterocycles. The Hall–Kier alpha value is -1.36. The Morgan fingerprint density at radius 3 is 2.93 bits per heavy atom. The smallest absolute Gasteiger partial charge is 0.279 e. The van der Waals surface area contributed by atoms with Gasteiger partial charge in [0.15, 0.2) is 0 Å². The lowest BCUT2D eigenvalue weighted by molar-refractivity contribution is 0.852. The number of nitrogen functional groups attached to an aromatic ring is 1. The zero-order valence-corrected chi connectivity index (χ0v) is 9.08. The van der Waals surface area contributed by atoms with Crippen LogP contribution in [0.25, 0.3) is 10.9 Å². The molecule has 0 atom stereocenters. The van der Waals surface area contributed by atoms with Gasteiger partial charge >= 0.3 is 0 Å². The van der Waals surface area contributed by atoms with E-state index in [0.29, 0.717) is 16.7 Å². The highest BCUT2D eigenvalue weighted by Crippen LogP contribution is 2.15. The largest absolute Gasteiger partial charge is 0.335 e. The summed E-state index contributed by atoms with van der Waals surface area (Å²) in [4.78, 5) is 15.9. The second-order valence-corrected chi connectivity index (χ2v) is 3.91. The van der Waals surface area contributed by atoms with Crippen LogP contribution in [0.15, 0.2) is 27.5 Å². The maximum Gasteiger partial charge on any atom is 0.279 e. The average molecular weight is 254 g/mol. The van der Waals surface area contributed by atoms with Gasteiger partial charge in [-0.2, -0.15) is 0 Å². The average Bonchev–Trinajstić information content (AvgIpc) is 2.16. The Morgan fingerprint density at radius 2 is 2.21 bits per heavy atom. The number of fused-ring (bicyclic) bond motifs is 1. The van der Waals surface area contributed by atoms with Crippen LogP contribution in [0.3, 0.4) is 0 Å². The van der Waals surface area contributed by atoms with Crippen LogP contribution in [0.1, 0.15) is 5.82 Å². The third-order valence-electron chi connectivity index (χ3n) is 2.04. The summed E-state index contributed by atoms with van der Waals surface area (Å²) in [6.45, 7) is 1.70. The van der Waals surface area contributed by atoms with E-state index in [1.807, 2.05) is 6.07 Å². The second kappa shape index (κ2) is 3.09. The molecule has 72 valence electrons. The van der Waals surface area contributed by atoms with E-state index in [-0.39, 0.29) is 5.56 Å². The van der Waals surface area contributed by atoms with Crippen molar-refractivity contribution in [3.05, 3.63) is 38.9 Å². The molecule has 1 aromatic heterocycles. The summed E-state index contributed by atoms with van der Waals surface area (Å²) in [5, 5.41) is 0.521. The number of nitrogens with two attached hydrogens (primary N) is 1. The predicted octanol–water partition coefficient (Wildman–Crippen LogP) is 1.18. The standard InChI is InChI=1S/C9H8BrN3O/c1-5-12-8-3-2-6(10)4-7(8)9(14)13(5)11/h2-4H,11H2,1H3. The first-order valence-corrected chi connectivity index (χ1v) is 4.83. The minimum absolute atomic E-state index is 0.228. The summed E-state index contributed by atoms with van der Waals surface area (Å²) in [6.07, 6.45) is 0. The van der Waals surface area contributed by atoms with E-state index >= 15 is 0 Å². The number of hydrogen-bond donors (Lipinski definition) is 1. The van der Waals surface area contributed by atoms with E-state index < -0.39 is 0 Å². The van der Waals surface area contributed by atoms with Crippen molar-refractivity contribution >= 4 is 26.8 Å². The minimum Gasteiger partial charge on any atom is -0.335 e. The molecular weight excluding hydrogens is 246 g/mol. The maximum atomic E-state index is 11.7. The Morgan fingerprint density at radius 1 is 1.50 bits per heavy atom. The molecule has 5 heteroatoms. The molecular formula is C9H8BrN3O. The van der Waals surface area contributed by atoms with E-state index in [0.717, 1.165) is 9.15 Å². The molecule has 0 aliphatic heterocycles. The Balaban J connectivity index is 2.99. The Bertz CT molecular complexity index is 562. The molecule has 0 spiro atoms. The topological polar surface area (TPSA) is 60.9 Å². The van der Waals surface area contributed by atoms with Gasteiger partial charge in [0.25, 0.3) is 5.56 Å². The highest BCUT2D eigenvalue weighted by Gasteiger charge is 2.05. The minimum atomic E-state index is -0.228. The molecule has 2 aromatic rings. The van der Waals surface area contributed by atoms with Gasteiger partial charge in [0.1, 0.15) is 5.82 Å². The van der Waals surface area contributed by atoms with Gasteiger partial charge in [-0.15, -0.1) is 0 Å². The van der Waals surface area contributed by atoms with Gasteiger partial charge in [-0.25, -0.2) is 9.66 Å². The molecule has 4 nitrogen and oxygen atoms in total. The third-order valence-corrected chi connectivity index (χ3v) is 2.53. The van der Waals surface area contributed by atoms with E-state index in [4.69, 9.17) is 5.84 Å². The lowest BCUT2D eigenvalue weighted by Crippen LogP contribution is -2.30. The van der Waals surface area contributed by atoms with Crippen molar-refractivity contribution in [3.8, 4) is 0 Å². The maximum absolute atomic E-state index is 11.7. The molecule has 0 amide bonds. The zero-order chi connectivity index (χ0) is 10.3. The molecule has 0 unspecified atom stereocenters. The van der Waals surface area contributed by atoms with E-state index in [1.54, 1.807) is 19.1 Å². The number of benzene rings is 1. The summed E-state index contributed by atoms with van der Waals surface area (Å²) < 4.78 is 1.89. The predicted molar refractivity (Wildman–Crippen MR) is 58.6 cm³/mol. The van der Waals surface area contributed by atoms with Crippen LogP contribution in [-0.4, -0.2) is 9.66 Å². The second-order valence-electron chi connectivity index (χ2n) is 3.00. The Labute approximate surface area is 88.5 Å². The first-order chi connectivity index (χ1) is 6.59. The highest BCUT2D eigenvalue weighted by atomic mass is 79.9. The van der Waals surface area contributed by atoms with E-state index in [1.165, 1.54) is 0 Å². The van der Waals surface area contributed by atoms with Gasteiger partial charge in [0.2, 0.25) is 0 Å². The number of aryl methyl sites for hydroxylation is 1. The summed E-state index contributed by atoms with van der Waals surface area (Å²) >= 11 is 3.29. The fraction of sp³-hybridized carbons (Fsp3) is 0.111. The normalized spacial score (nSPS) is 10.7. The molecule has 0 bridgehead atoms. The highest BCUT2D eigenvalue weighted by molar-refractivity contribution is 9.10. The van der Waals surface area contributed by atoms with Crippen molar-refractivity contribution in [2.75, 3.05) is 5.84 Å². The molecule has 2 rings (SSSR count). The lowest BCUT2D eigenvalue weighted by atomic mass is 10.2. The van der Waals surface area contributed by atoms with Crippen LogP contribution in [0.2, 0.25) is 0 Å². The molecule has 0 fully saturated rings. The van der Waals surface area contributed by atoms with Crippen molar-refractivity contribution in [3.63, 3.8) is 0 Å². The third kappa shape index (κ3) is 1.29.